The summed E-state index contributed by atoms with van der Waals surface area (Å²) >= 11 is 0. The molecule has 8 heteroatoms. The van der Waals surface area contributed by atoms with E-state index in [0.717, 1.165) is 46.4 Å². The number of aryl methyl sites for hydroxylation is 2. The number of nitriles is 1. The Hall–Kier alpha value is -4.09. The predicted octanol–water partition coefficient (Wildman–Crippen LogP) is 3.45. The fourth-order valence-electron chi connectivity index (χ4n) is 5.42. The zero-order chi connectivity index (χ0) is 28.7. The van der Waals surface area contributed by atoms with Crippen molar-refractivity contribution in [3.8, 4) is 6.07 Å². The lowest BCUT2D eigenvalue weighted by molar-refractivity contribution is 0.1000. The van der Waals surface area contributed by atoms with Gasteiger partial charge in [-0.1, -0.05) is 51.6 Å². The molecule has 1 aliphatic carbocycles. The molecule has 2 aromatic rings. The molecular weight excluding hydrogens is 486 g/mol. The van der Waals surface area contributed by atoms with Gasteiger partial charge in [0.15, 0.2) is 0 Å². The van der Waals surface area contributed by atoms with Crippen molar-refractivity contribution in [2.75, 3.05) is 13.1 Å². The van der Waals surface area contributed by atoms with Gasteiger partial charge < -0.3 is 27.8 Å². The molecule has 39 heavy (non-hydrogen) atoms. The summed E-state index contributed by atoms with van der Waals surface area (Å²) in [5.74, 6) is -0.0259. The van der Waals surface area contributed by atoms with Gasteiger partial charge in [0.25, 0.3) is 0 Å². The highest BCUT2D eigenvalue weighted by molar-refractivity contribution is 5.96. The molecule has 3 rings (SSSR count). The Morgan fingerprint density at radius 1 is 1.10 bits per heavy atom. The van der Waals surface area contributed by atoms with Crippen LogP contribution in [0.5, 0.6) is 0 Å². The number of nitrogens with zero attached hydrogens (tertiary/aromatic N) is 1. The molecule has 0 saturated heterocycles. The minimum absolute atomic E-state index is 0.0231. The van der Waals surface area contributed by atoms with E-state index in [0.29, 0.717) is 49.5 Å². The molecule has 0 saturated carbocycles. The number of carbonyl (C=O) groups excluding carboxylic acids is 1. The Kier molecular flexibility index (Phi) is 9.55. The largest absolute Gasteiger partial charge is 0.399 e. The van der Waals surface area contributed by atoms with Gasteiger partial charge in [-0.25, -0.2) is 0 Å². The number of carbonyl (C=O) groups is 1. The lowest BCUT2D eigenvalue weighted by Gasteiger charge is -2.36. The summed E-state index contributed by atoms with van der Waals surface area (Å²) in [5.41, 5.74) is 23.4. The zero-order valence-corrected chi connectivity index (χ0v) is 23.1. The van der Waals surface area contributed by atoms with Crippen molar-refractivity contribution in [1.82, 2.24) is 10.6 Å². The van der Waals surface area contributed by atoms with Gasteiger partial charge in [-0.15, -0.1) is 0 Å². The maximum Gasteiger partial charge on any atom is 0.248 e. The maximum atomic E-state index is 11.9. The van der Waals surface area contributed by atoms with Crippen LogP contribution in [0.15, 0.2) is 55.3 Å². The standard InChI is InChI=1S/C31H41N7O/c1-5-19(2)14-26(17-32)38-20(3)18-37-13-12-31(30(35)36)27-10-8-22(21(4)33)15-23(27)6-7-24-16-25(29(34)39)9-11-28(24)31/h8-11,15-16,19,26,37-38H,3-7,12-14,18,33H2,1-2H3,(H2,34,39)(H3,35,36)/t19-,26?,31?/m0/s1. The van der Waals surface area contributed by atoms with Crippen molar-refractivity contribution in [3.05, 3.63) is 88.6 Å². The highest BCUT2D eigenvalue weighted by Gasteiger charge is 2.42. The van der Waals surface area contributed by atoms with Gasteiger partial charge in [-0.3, -0.25) is 10.2 Å². The summed E-state index contributed by atoms with van der Waals surface area (Å²) < 4.78 is 0. The third kappa shape index (κ3) is 6.50. The van der Waals surface area contributed by atoms with Crippen molar-refractivity contribution >= 4 is 17.4 Å². The van der Waals surface area contributed by atoms with E-state index in [2.05, 4.69) is 43.7 Å². The highest BCUT2D eigenvalue weighted by atomic mass is 16.1. The SMILES string of the molecule is C=C(CNCCC1(C(=N)N)c2ccc(C(=C)N)cc2CCc2cc(C(N)=O)ccc21)NC(C#N)C[C@@H](C)CC. The van der Waals surface area contributed by atoms with Crippen molar-refractivity contribution in [2.45, 2.75) is 57.4 Å². The van der Waals surface area contributed by atoms with Crippen LogP contribution in [-0.2, 0) is 18.3 Å². The molecule has 0 radical (unpaired) electrons. The third-order valence-corrected chi connectivity index (χ3v) is 7.79. The van der Waals surface area contributed by atoms with Crippen LogP contribution in [0.4, 0.5) is 0 Å². The Balaban J connectivity index is 1.91. The molecule has 0 heterocycles. The third-order valence-electron chi connectivity index (χ3n) is 7.79. The number of nitrogens with two attached hydrogens (primary N) is 3. The maximum absolute atomic E-state index is 11.9. The topological polar surface area (TPSA) is 167 Å². The number of primary amides is 1. The van der Waals surface area contributed by atoms with Crippen LogP contribution in [0, 0.1) is 22.7 Å². The number of rotatable bonds is 13. The van der Waals surface area contributed by atoms with Crippen molar-refractivity contribution in [3.63, 3.8) is 0 Å². The Morgan fingerprint density at radius 3 is 2.21 bits per heavy atom. The van der Waals surface area contributed by atoms with Crippen LogP contribution in [0.1, 0.15) is 71.3 Å². The smallest absolute Gasteiger partial charge is 0.248 e. The summed E-state index contributed by atoms with van der Waals surface area (Å²) in [6.07, 6.45) is 3.64. The van der Waals surface area contributed by atoms with Crippen LogP contribution >= 0.6 is 0 Å². The molecule has 2 aromatic carbocycles. The summed E-state index contributed by atoms with van der Waals surface area (Å²) in [6, 6.07) is 13.4. The van der Waals surface area contributed by atoms with Gasteiger partial charge in [-0.2, -0.15) is 5.26 Å². The number of benzene rings is 2. The molecule has 2 unspecified atom stereocenters. The van der Waals surface area contributed by atoms with Crippen molar-refractivity contribution in [2.24, 2.45) is 23.1 Å². The van der Waals surface area contributed by atoms with Gasteiger partial charge in [-0.05, 0) is 84.2 Å². The molecule has 3 atom stereocenters. The van der Waals surface area contributed by atoms with E-state index >= 15 is 0 Å². The first-order valence-corrected chi connectivity index (χ1v) is 13.4. The minimum Gasteiger partial charge on any atom is -0.399 e. The second-order valence-corrected chi connectivity index (χ2v) is 10.6. The fraction of sp³-hybridized carbons (Fsp3) is 0.387. The Labute approximate surface area is 231 Å². The Bertz CT molecular complexity index is 1240. The second kappa shape index (κ2) is 12.6. The summed E-state index contributed by atoms with van der Waals surface area (Å²) in [5, 5.41) is 25.0. The molecule has 0 fully saturated rings. The van der Waals surface area contributed by atoms with E-state index in [4.69, 9.17) is 22.6 Å². The number of hydrogen-bond donors (Lipinski definition) is 6. The quantitative estimate of drug-likeness (QED) is 0.132. The molecule has 9 N–H and O–H groups in total. The summed E-state index contributed by atoms with van der Waals surface area (Å²) in [4.78, 5) is 11.9. The van der Waals surface area contributed by atoms with E-state index in [1.165, 1.54) is 0 Å². The average Bonchev–Trinajstić information content (AvgIpc) is 3.04. The molecule has 1 amide bonds. The molecule has 0 spiro atoms. The molecule has 206 valence electrons. The van der Waals surface area contributed by atoms with E-state index < -0.39 is 11.3 Å². The Morgan fingerprint density at radius 2 is 1.69 bits per heavy atom. The van der Waals surface area contributed by atoms with Crippen LogP contribution < -0.4 is 27.8 Å². The fourth-order valence-corrected chi connectivity index (χ4v) is 5.42. The predicted molar refractivity (Wildman–Crippen MR) is 158 cm³/mol. The first-order chi connectivity index (χ1) is 18.5. The van der Waals surface area contributed by atoms with Gasteiger partial charge in [0.1, 0.15) is 11.9 Å². The van der Waals surface area contributed by atoms with Crippen molar-refractivity contribution < 1.29 is 4.79 Å². The average molecular weight is 528 g/mol. The van der Waals surface area contributed by atoms with Crippen LogP contribution in [0.3, 0.4) is 0 Å². The lowest BCUT2D eigenvalue weighted by Crippen LogP contribution is -2.45. The molecule has 1 aliphatic rings. The molecule has 0 bridgehead atoms. The molecular formula is C31H41N7O. The molecule has 8 nitrogen and oxygen atoms in total. The summed E-state index contributed by atoms with van der Waals surface area (Å²) in [6.45, 7) is 13.2. The number of amides is 1. The second-order valence-electron chi connectivity index (χ2n) is 10.6. The zero-order valence-electron chi connectivity index (χ0n) is 23.1. The van der Waals surface area contributed by atoms with Crippen LogP contribution in [0.2, 0.25) is 0 Å². The number of nitrogens with one attached hydrogen (secondary N) is 3. The highest BCUT2D eigenvalue weighted by Crippen LogP contribution is 2.43. The first kappa shape index (κ1) is 29.5. The number of amidine groups is 1. The van der Waals surface area contributed by atoms with Gasteiger partial charge >= 0.3 is 0 Å². The normalized spacial score (nSPS) is 17.5. The van der Waals surface area contributed by atoms with E-state index in [1.54, 1.807) is 6.07 Å². The molecule has 0 aliphatic heterocycles. The van der Waals surface area contributed by atoms with Gasteiger partial charge in [0, 0.05) is 23.5 Å². The monoisotopic (exact) mass is 527 g/mol. The lowest BCUT2D eigenvalue weighted by atomic mass is 9.69. The van der Waals surface area contributed by atoms with Gasteiger partial charge in [0.2, 0.25) is 5.91 Å². The molecule has 0 aromatic heterocycles. The minimum atomic E-state index is -0.917. The first-order valence-electron chi connectivity index (χ1n) is 13.4. The number of hydrogen-bond acceptors (Lipinski definition) is 6. The summed E-state index contributed by atoms with van der Waals surface area (Å²) in [7, 11) is 0. The van der Waals surface area contributed by atoms with Crippen LogP contribution in [0.25, 0.3) is 5.70 Å². The van der Waals surface area contributed by atoms with E-state index in [-0.39, 0.29) is 11.9 Å². The number of fused-ring (bicyclic) bond motifs is 2. The van der Waals surface area contributed by atoms with E-state index in [1.807, 2.05) is 30.3 Å². The van der Waals surface area contributed by atoms with Crippen molar-refractivity contribution in [1.29, 1.82) is 10.7 Å². The van der Waals surface area contributed by atoms with Crippen LogP contribution in [-0.4, -0.2) is 30.9 Å². The van der Waals surface area contributed by atoms with Gasteiger partial charge in [0.05, 0.1) is 11.5 Å². The van der Waals surface area contributed by atoms with E-state index in [9.17, 15) is 10.1 Å².